The van der Waals surface area contributed by atoms with Crippen molar-refractivity contribution in [3.8, 4) is 0 Å². The maximum absolute atomic E-state index is 9.12. The van der Waals surface area contributed by atoms with Crippen LogP contribution in [0.25, 0.3) is 0 Å². The number of hydrogen-bond acceptors (Lipinski definition) is 2. The summed E-state index contributed by atoms with van der Waals surface area (Å²) in [6.07, 6.45) is 6.25. The molecule has 96 valence electrons. The molecule has 16 heavy (non-hydrogen) atoms. The van der Waals surface area contributed by atoms with Gasteiger partial charge in [-0.05, 0) is 12.8 Å². The lowest BCUT2D eigenvalue weighted by atomic mass is 10.0. The molecular formula is C13H27O3+. The highest BCUT2D eigenvalue weighted by molar-refractivity contribution is 4.75. The molecule has 1 rings (SSSR count). The van der Waals surface area contributed by atoms with Gasteiger partial charge in [-0.25, -0.2) is 0 Å². The second kappa shape index (κ2) is 8.04. The maximum atomic E-state index is 9.12. The molecule has 0 radical (unpaired) electrons. The topological polar surface area (TPSA) is 42.3 Å². The van der Waals surface area contributed by atoms with Gasteiger partial charge in [-0.2, -0.15) is 0 Å². The van der Waals surface area contributed by atoms with Crippen molar-refractivity contribution in [2.24, 2.45) is 5.92 Å². The van der Waals surface area contributed by atoms with Gasteiger partial charge in [0, 0.05) is 12.3 Å². The van der Waals surface area contributed by atoms with Gasteiger partial charge in [-0.1, -0.05) is 26.7 Å². The minimum Gasteiger partial charge on any atom is -0.429 e. The highest BCUT2D eigenvalue weighted by atomic mass is 16.6. The normalized spacial score (nSPS) is 27.2. The van der Waals surface area contributed by atoms with Gasteiger partial charge in [0.15, 0.2) is 12.2 Å². The Bertz CT molecular complexity index is 173. The number of aliphatic hydroxyl groups is 3. The third-order valence-corrected chi connectivity index (χ3v) is 3.50. The van der Waals surface area contributed by atoms with Crippen molar-refractivity contribution in [1.29, 1.82) is 0 Å². The standard InChI is InChI=1S/C13H26O3/c1-3-5-6-11(4-2)10-16-12-7-8-15-13(12)9-14/h11-14H,3-10H2,1-2H3/p+1/t11?,12?,13-/m1/s1. The van der Waals surface area contributed by atoms with Crippen molar-refractivity contribution in [1.82, 2.24) is 0 Å². The first-order valence-electron chi connectivity index (χ1n) is 6.70. The Morgan fingerprint density at radius 2 is 2.25 bits per heavy atom. The molecule has 0 aromatic carbocycles. The zero-order valence-corrected chi connectivity index (χ0v) is 10.7. The first-order chi connectivity index (χ1) is 7.81. The summed E-state index contributed by atoms with van der Waals surface area (Å²) in [6.45, 7) is 6.28. The second-order valence-corrected chi connectivity index (χ2v) is 4.73. The molecule has 0 aliphatic carbocycles. The average Bonchev–Trinajstić information content (AvgIpc) is 2.77. The second-order valence-electron chi connectivity index (χ2n) is 4.73. The van der Waals surface area contributed by atoms with Crippen LogP contribution in [-0.4, -0.2) is 41.9 Å². The van der Waals surface area contributed by atoms with Crippen LogP contribution in [0.15, 0.2) is 0 Å². The van der Waals surface area contributed by atoms with E-state index in [2.05, 4.69) is 13.8 Å². The van der Waals surface area contributed by atoms with Crippen LogP contribution >= 0.6 is 0 Å². The SMILES string of the molecule is CCCCC(CC)C[OH+]C1CCO[C@@H]1CO. The lowest BCUT2D eigenvalue weighted by Gasteiger charge is -2.17. The van der Waals surface area contributed by atoms with E-state index < -0.39 is 0 Å². The number of aliphatic hydroxyl groups excluding tert-OH is 1. The Kier molecular flexibility index (Phi) is 7.01. The first-order valence-corrected chi connectivity index (χ1v) is 6.70. The lowest BCUT2D eigenvalue weighted by molar-refractivity contribution is -0.151. The largest absolute Gasteiger partial charge is 0.429 e. The molecular weight excluding hydrogens is 204 g/mol. The van der Waals surface area contributed by atoms with Gasteiger partial charge in [0.05, 0.1) is 13.2 Å². The maximum Gasteiger partial charge on any atom is 0.185 e. The van der Waals surface area contributed by atoms with Crippen LogP contribution in [0.4, 0.5) is 0 Å². The quantitative estimate of drug-likeness (QED) is 0.648. The number of ether oxygens (including phenoxy) is 2. The van der Waals surface area contributed by atoms with E-state index in [0.29, 0.717) is 0 Å². The molecule has 1 aliphatic rings. The summed E-state index contributed by atoms with van der Waals surface area (Å²) >= 11 is 0. The third-order valence-electron chi connectivity index (χ3n) is 3.50. The number of unbranched alkanes of at least 4 members (excludes halogenated alkanes) is 1. The van der Waals surface area contributed by atoms with Crippen molar-refractivity contribution in [2.75, 3.05) is 19.8 Å². The van der Waals surface area contributed by atoms with Crippen LogP contribution in [0.3, 0.4) is 0 Å². The van der Waals surface area contributed by atoms with E-state index in [1.165, 1.54) is 25.7 Å². The molecule has 3 atom stereocenters. The van der Waals surface area contributed by atoms with Crippen molar-refractivity contribution >= 4 is 0 Å². The van der Waals surface area contributed by atoms with Gasteiger partial charge < -0.3 is 14.6 Å². The van der Waals surface area contributed by atoms with E-state index >= 15 is 0 Å². The van der Waals surface area contributed by atoms with Gasteiger partial charge in [-0.15, -0.1) is 0 Å². The zero-order valence-electron chi connectivity index (χ0n) is 10.7. The van der Waals surface area contributed by atoms with Gasteiger partial charge in [0.1, 0.15) is 6.61 Å². The third kappa shape index (κ3) is 4.40. The lowest BCUT2D eigenvalue weighted by Crippen LogP contribution is -2.32. The van der Waals surface area contributed by atoms with Crippen LogP contribution in [0.2, 0.25) is 0 Å². The minimum absolute atomic E-state index is 0.0383. The molecule has 2 N–H and O–H groups in total. The van der Waals surface area contributed by atoms with E-state index in [4.69, 9.17) is 14.6 Å². The fourth-order valence-electron chi connectivity index (χ4n) is 2.22. The van der Waals surface area contributed by atoms with Gasteiger partial charge in [0.2, 0.25) is 0 Å². The van der Waals surface area contributed by atoms with Crippen LogP contribution in [0.1, 0.15) is 46.0 Å². The molecule has 0 aromatic heterocycles. The van der Waals surface area contributed by atoms with Crippen LogP contribution < -0.4 is 0 Å². The Labute approximate surface area is 99.1 Å². The van der Waals surface area contributed by atoms with Gasteiger partial charge >= 0.3 is 0 Å². The molecule has 3 nitrogen and oxygen atoms in total. The molecule has 0 bridgehead atoms. The predicted octanol–water partition coefficient (Wildman–Crippen LogP) is 1.88. The highest BCUT2D eigenvalue weighted by Crippen LogP contribution is 2.18. The first kappa shape index (κ1) is 13.9. The van der Waals surface area contributed by atoms with Crippen molar-refractivity contribution < 1.29 is 14.6 Å². The van der Waals surface area contributed by atoms with Crippen LogP contribution in [-0.2, 0) is 4.74 Å². The van der Waals surface area contributed by atoms with Crippen molar-refractivity contribution in [3.05, 3.63) is 0 Å². The summed E-state index contributed by atoms with van der Waals surface area (Å²) in [7, 11) is 0. The average molecular weight is 231 g/mol. The molecule has 1 aliphatic heterocycles. The Balaban J connectivity index is 2.20. The monoisotopic (exact) mass is 231 g/mol. The molecule has 1 heterocycles. The van der Waals surface area contributed by atoms with Crippen molar-refractivity contribution in [3.63, 3.8) is 0 Å². The molecule has 0 saturated carbocycles. The van der Waals surface area contributed by atoms with Gasteiger partial charge in [0.25, 0.3) is 0 Å². The van der Waals surface area contributed by atoms with Crippen LogP contribution in [0, 0.1) is 5.92 Å². The summed E-state index contributed by atoms with van der Waals surface area (Å²) in [5.74, 6) is 0.722. The predicted molar refractivity (Wildman–Crippen MR) is 65.6 cm³/mol. The fourth-order valence-corrected chi connectivity index (χ4v) is 2.22. The molecule has 1 saturated heterocycles. The fraction of sp³-hybridized carbons (Fsp3) is 1.00. The molecule has 1 fully saturated rings. The smallest absolute Gasteiger partial charge is 0.185 e. The summed E-state index contributed by atoms with van der Waals surface area (Å²) in [5.41, 5.74) is 0. The minimum atomic E-state index is -0.0383. The van der Waals surface area contributed by atoms with Crippen LogP contribution in [0.5, 0.6) is 0 Å². The molecule has 0 spiro atoms. The van der Waals surface area contributed by atoms with E-state index in [0.717, 1.165) is 25.6 Å². The highest BCUT2D eigenvalue weighted by Gasteiger charge is 2.33. The molecule has 0 aromatic rings. The summed E-state index contributed by atoms with van der Waals surface area (Å²) in [6, 6.07) is 0. The zero-order chi connectivity index (χ0) is 11.8. The van der Waals surface area contributed by atoms with E-state index in [1.807, 2.05) is 0 Å². The Morgan fingerprint density at radius 3 is 2.88 bits per heavy atom. The van der Waals surface area contributed by atoms with E-state index in [9.17, 15) is 0 Å². The molecule has 0 amide bonds. The number of rotatable bonds is 8. The summed E-state index contributed by atoms with van der Waals surface area (Å²) in [4.78, 5) is 0. The van der Waals surface area contributed by atoms with Crippen molar-refractivity contribution in [2.45, 2.75) is 58.2 Å². The summed E-state index contributed by atoms with van der Waals surface area (Å²) < 4.78 is 10.1. The van der Waals surface area contributed by atoms with Gasteiger partial charge in [-0.3, -0.25) is 0 Å². The van der Waals surface area contributed by atoms with E-state index in [-0.39, 0.29) is 18.8 Å². The van der Waals surface area contributed by atoms with E-state index in [1.54, 1.807) is 0 Å². The Morgan fingerprint density at radius 1 is 1.44 bits per heavy atom. The Hall–Kier alpha value is -0.120. The molecule has 2 unspecified atom stereocenters. The molecule has 3 heteroatoms. The summed E-state index contributed by atoms with van der Waals surface area (Å²) in [5, 5.41) is 9.12. The number of hydrogen-bond donors (Lipinski definition) is 1.